The second kappa shape index (κ2) is 5.94. The number of amides is 2. The number of hydrazone groups is 1. The smallest absolute Gasteiger partial charge is 0.270 e. The van der Waals surface area contributed by atoms with Crippen LogP contribution in [0.2, 0.25) is 0 Å². The van der Waals surface area contributed by atoms with E-state index < -0.39 is 0 Å². The Morgan fingerprint density at radius 2 is 2.00 bits per heavy atom. The van der Waals surface area contributed by atoms with Crippen LogP contribution in [0.15, 0.2) is 5.10 Å². The summed E-state index contributed by atoms with van der Waals surface area (Å²) in [6.45, 7) is 8.42. The number of carbonyl (C=O) groups is 2. The van der Waals surface area contributed by atoms with Gasteiger partial charge in [-0.15, -0.1) is 0 Å². The molecule has 2 heterocycles. The molecule has 1 atom stereocenters. The van der Waals surface area contributed by atoms with Crippen LogP contribution in [0.4, 0.5) is 0 Å². The van der Waals surface area contributed by atoms with Gasteiger partial charge in [0.05, 0.1) is 0 Å². The third-order valence-corrected chi connectivity index (χ3v) is 4.39. The van der Waals surface area contributed by atoms with Gasteiger partial charge in [0.1, 0.15) is 5.71 Å². The molecule has 0 saturated carbocycles. The molecule has 2 aliphatic heterocycles. The summed E-state index contributed by atoms with van der Waals surface area (Å²) >= 11 is 0. The standard InChI is InChI=1S/C15H25N3O2/c1-15(2,3)11-5-4-9-18(10-8-11)14(20)12-6-7-13(19)17-16-12/h11H,4-10H2,1-3H3,(H,17,19). The number of hydrogen-bond donors (Lipinski definition) is 1. The minimum atomic E-state index is -0.106. The van der Waals surface area contributed by atoms with E-state index in [1.165, 1.54) is 6.42 Å². The van der Waals surface area contributed by atoms with Crippen LogP contribution >= 0.6 is 0 Å². The zero-order chi connectivity index (χ0) is 14.8. The van der Waals surface area contributed by atoms with Crippen LogP contribution in [0, 0.1) is 11.3 Å². The van der Waals surface area contributed by atoms with E-state index in [0.29, 0.717) is 29.9 Å². The summed E-state index contributed by atoms with van der Waals surface area (Å²) in [4.78, 5) is 25.4. The first-order chi connectivity index (χ1) is 9.38. The predicted octanol–water partition coefficient (Wildman–Crippen LogP) is 1.93. The van der Waals surface area contributed by atoms with E-state index in [4.69, 9.17) is 0 Å². The molecule has 0 aliphatic carbocycles. The summed E-state index contributed by atoms with van der Waals surface area (Å²) in [5, 5.41) is 3.91. The molecule has 112 valence electrons. The molecule has 20 heavy (non-hydrogen) atoms. The van der Waals surface area contributed by atoms with Crippen molar-refractivity contribution < 1.29 is 9.59 Å². The van der Waals surface area contributed by atoms with Crippen LogP contribution in [0.1, 0.15) is 52.9 Å². The Kier molecular flexibility index (Phi) is 4.45. The first kappa shape index (κ1) is 15.0. The first-order valence-electron chi connectivity index (χ1n) is 7.52. The van der Waals surface area contributed by atoms with Gasteiger partial charge in [0.15, 0.2) is 0 Å². The lowest BCUT2D eigenvalue weighted by atomic mass is 9.77. The molecular formula is C15H25N3O2. The highest BCUT2D eigenvalue weighted by Crippen LogP contribution is 2.34. The lowest BCUT2D eigenvalue weighted by Crippen LogP contribution is -2.40. The SMILES string of the molecule is CC(C)(C)C1CCCN(C(=O)C2=NNC(=O)CC2)CC1. The zero-order valence-electron chi connectivity index (χ0n) is 12.7. The summed E-state index contributed by atoms with van der Waals surface area (Å²) in [5.41, 5.74) is 3.20. The van der Waals surface area contributed by atoms with Gasteiger partial charge >= 0.3 is 0 Å². The molecule has 2 rings (SSSR count). The van der Waals surface area contributed by atoms with Gasteiger partial charge in [-0.1, -0.05) is 20.8 Å². The lowest BCUT2D eigenvalue weighted by Gasteiger charge is -2.29. The maximum atomic E-state index is 12.4. The molecule has 0 aromatic heterocycles. The van der Waals surface area contributed by atoms with Crippen molar-refractivity contribution in [2.24, 2.45) is 16.4 Å². The number of nitrogens with zero attached hydrogens (tertiary/aromatic N) is 2. The molecule has 5 heteroatoms. The van der Waals surface area contributed by atoms with E-state index in [1.807, 2.05) is 4.90 Å². The minimum absolute atomic E-state index is 0.000408. The van der Waals surface area contributed by atoms with Gasteiger partial charge in [0, 0.05) is 25.9 Å². The van der Waals surface area contributed by atoms with Gasteiger partial charge < -0.3 is 4.90 Å². The molecule has 0 bridgehead atoms. The molecule has 0 radical (unpaired) electrons. The van der Waals surface area contributed by atoms with Crippen LogP contribution in [0.5, 0.6) is 0 Å². The molecular weight excluding hydrogens is 254 g/mol. The fraction of sp³-hybridized carbons (Fsp3) is 0.800. The van der Waals surface area contributed by atoms with Gasteiger partial charge in [-0.3, -0.25) is 9.59 Å². The molecule has 0 spiro atoms. The molecule has 0 aromatic rings. The van der Waals surface area contributed by atoms with E-state index in [-0.39, 0.29) is 11.8 Å². The van der Waals surface area contributed by atoms with Crippen molar-refractivity contribution in [2.75, 3.05) is 13.1 Å². The number of hydrogen-bond acceptors (Lipinski definition) is 3. The van der Waals surface area contributed by atoms with Crippen LogP contribution in [-0.4, -0.2) is 35.5 Å². The fourth-order valence-corrected chi connectivity index (χ4v) is 2.98. The Balaban J connectivity index is 1.97. The number of rotatable bonds is 1. The number of likely N-dealkylation sites (tertiary alicyclic amines) is 1. The maximum absolute atomic E-state index is 12.4. The van der Waals surface area contributed by atoms with Crippen molar-refractivity contribution in [3.63, 3.8) is 0 Å². The Hall–Kier alpha value is -1.39. The van der Waals surface area contributed by atoms with Crippen LogP contribution in [-0.2, 0) is 9.59 Å². The van der Waals surface area contributed by atoms with Gasteiger partial charge in [0.25, 0.3) is 5.91 Å². The predicted molar refractivity (Wildman–Crippen MR) is 78.2 cm³/mol. The van der Waals surface area contributed by atoms with Crippen molar-refractivity contribution in [3.8, 4) is 0 Å². The summed E-state index contributed by atoms with van der Waals surface area (Å²) in [6, 6.07) is 0. The maximum Gasteiger partial charge on any atom is 0.270 e. The van der Waals surface area contributed by atoms with Crippen LogP contribution in [0.3, 0.4) is 0 Å². The van der Waals surface area contributed by atoms with Crippen molar-refractivity contribution in [3.05, 3.63) is 0 Å². The summed E-state index contributed by atoms with van der Waals surface area (Å²) < 4.78 is 0. The molecule has 2 amide bonds. The second-order valence-electron chi connectivity index (χ2n) is 6.88. The Labute approximate surface area is 120 Å². The van der Waals surface area contributed by atoms with E-state index in [2.05, 4.69) is 31.3 Å². The van der Waals surface area contributed by atoms with Gasteiger partial charge in [-0.2, -0.15) is 5.10 Å². The van der Waals surface area contributed by atoms with E-state index >= 15 is 0 Å². The largest absolute Gasteiger partial charge is 0.338 e. The average Bonchev–Trinajstić information content (AvgIpc) is 2.64. The van der Waals surface area contributed by atoms with E-state index in [9.17, 15) is 9.59 Å². The quantitative estimate of drug-likeness (QED) is 0.797. The van der Waals surface area contributed by atoms with Crippen LogP contribution < -0.4 is 5.43 Å². The second-order valence-corrected chi connectivity index (χ2v) is 6.88. The number of nitrogens with one attached hydrogen (secondary N) is 1. The van der Waals surface area contributed by atoms with Crippen molar-refractivity contribution >= 4 is 17.5 Å². The topological polar surface area (TPSA) is 61.8 Å². The normalized spacial score (nSPS) is 24.8. The highest BCUT2D eigenvalue weighted by Gasteiger charge is 2.30. The average molecular weight is 279 g/mol. The molecule has 1 saturated heterocycles. The molecule has 1 N–H and O–H groups in total. The van der Waals surface area contributed by atoms with Gasteiger partial charge in [0.2, 0.25) is 5.91 Å². The molecule has 0 aromatic carbocycles. The Bertz CT molecular complexity index is 423. The summed E-state index contributed by atoms with van der Waals surface area (Å²) in [6.07, 6.45) is 4.10. The Morgan fingerprint density at radius 1 is 1.25 bits per heavy atom. The molecule has 5 nitrogen and oxygen atoms in total. The highest BCUT2D eigenvalue weighted by atomic mass is 16.2. The van der Waals surface area contributed by atoms with Crippen molar-refractivity contribution in [2.45, 2.75) is 52.9 Å². The fourth-order valence-electron chi connectivity index (χ4n) is 2.98. The van der Waals surface area contributed by atoms with Crippen molar-refractivity contribution in [1.29, 1.82) is 0 Å². The Morgan fingerprint density at radius 3 is 2.60 bits per heavy atom. The number of carbonyl (C=O) groups excluding carboxylic acids is 2. The third kappa shape index (κ3) is 3.58. The van der Waals surface area contributed by atoms with Gasteiger partial charge in [-0.05, 0) is 30.6 Å². The van der Waals surface area contributed by atoms with E-state index in [0.717, 1.165) is 25.9 Å². The zero-order valence-corrected chi connectivity index (χ0v) is 12.7. The monoisotopic (exact) mass is 279 g/mol. The van der Waals surface area contributed by atoms with Crippen molar-refractivity contribution in [1.82, 2.24) is 10.3 Å². The molecule has 1 unspecified atom stereocenters. The summed E-state index contributed by atoms with van der Waals surface area (Å²) in [7, 11) is 0. The lowest BCUT2D eigenvalue weighted by molar-refractivity contribution is -0.124. The minimum Gasteiger partial charge on any atom is -0.338 e. The summed E-state index contributed by atoms with van der Waals surface area (Å²) in [5.74, 6) is 0.554. The van der Waals surface area contributed by atoms with E-state index in [1.54, 1.807) is 0 Å². The highest BCUT2D eigenvalue weighted by molar-refractivity contribution is 6.39. The molecule has 2 aliphatic rings. The third-order valence-electron chi connectivity index (χ3n) is 4.39. The van der Waals surface area contributed by atoms with Gasteiger partial charge in [-0.25, -0.2) is 5.43 Å². The molecule has 1 fully saturated rings. The van der Waals surface area contributed by atoms with Crippen LogP contribution in [0.25, 0.3) is 0 Å². The first-order valence-corrected chi connectivity index (χ1v) is 7.52.